The normalized spacial score (nSPS) is 19.7. The van der Waals surface area contributed by atoms with Crippen LogP contribution in [0.25, 0.3) is 10.9 Å². The Morgan fingerprint density at radius 2 is 2.19 bits per heavy atom. The molecule has 0 bridgehead atoms. The lowest BCUT2D eigenvalue weighted by Crippen LogP contribution is -2.13. The molecule has 0 aliphatic heterocycles. The van der Waals surface area contributed by atoms with Gasteiger partial charge in [0, 0.05) is 12.5 Å². The Kier molecular flexibility index (Phi) is 2.37. The van der Waals surface area contributed by atoms with Crippen LogP contribution in [0.4, 0.5) is 0 Å². The van der Waals surface area contributed by atoms with Crippen molar-refractivity contribution in [3.8, 4) is 0 Å². The number of aryl methyl sites for hydroxylation is 1. The average Bonchev–Trinajstić information content (AvgIpc) is 2.35. The van der Waals surface area contributed by atoms with Crippen LogP contribution in [0, 0.1) is 0 Å². The highest BCUT2D eigenvalue weighted by Crippen LogP contribution is 2.32. The van der Waals surface area contributed by atoms with Crippen LogP contribution in [-0.2, 0) is 11.2 Å². The summed E-state index contributed by atoms with van der Waals surface area (Å²) in [6.45, 7) is 0. The van der Waals surface area contributed by atoms with Gasteiger partial charge in [0.25, 0.3) is 0 Å². The van der Waals surface area contributed by atoms with Crippen molar-refractivity contribution in [1.82, 2.24) is 4.98 Å². The van der Waals surface area contributed by atoms with Crippen molar-refractivity contribution in [2.24, 2.45) is 0 Å². The SMILES string of the molecule is COC1CCCc2cc3ccccc3nc21. The van der Waals surface area contributed by atoms with E-state index in [-0.39, 0.29) is 6.10 Å². The summed E-state index contributed by atoms with van der Waals surface area (Å²) in [5.74, 6) is 0. The molecule has 1 aliphatic carbocycles. The molecule has 0 spiro atoms. The fourth-order valence-electron chi connectivity index (χ4n) is 2.50. The molecule has 1 aromatic heterocycles. The van der Waals surface area contributed by atoms with Gasteiger partial charge in [-0.25, -0.2) is 4.98 Å². The smallest absolute Gasteiger partial charge is 0.0993 e. The highest BCUT2D eigenvalue weighted by Gasteiger charge is 2.21. The molecular weight excluding hydrogens is 198 g/mol. The molecule has 2 aromatic rings. The highest BCUT2D eigenvalue weighted by molar-refractivity contribution is 5.79. The maximum atomic E-state index is 5.50. The van der Waals surface area contributed by atoms with Gasteiger partial charge in [-0.05, 0) is 37.0 Å². The Hall–Kier alpha value is -1.41. The number of ether oxygens (including phenoxy) is 1. The first-order chi connectivity index (χ1) is 7.88. The number of pyridine rings is 1. The van der Waals surface area contributed by atoms with Gasteiger partial charge in [0.05, 0.1) is 17.3 Å². The summed E-state index contributed by atoms with van der Waals surface area (Å²) in [6.07, 6.45) is 3.61. The van der Waals surface area contributed by atoms with Crippen molar-refractivity contribution in [1.29, 1.82) is 0 Å². The molecule has 2 nitrogen and oxygen atoms in total. The van der Waals surface area contributed by atoms with Crippen molar-refractivity contribution >= 4 is 10.9 Å². The van der Waals surface area contributed by atoms with Crippen LogP contribution in [0.2, 0.25) is 0 Å². The van der Waals surface area contributed by atoms with Crippen molar-refractivity contribution in [2.75, 3.05) is 7.11 Å². The van der Waals surface area contributed by atoms with Crippen LogP contribution >= 0.6 is 0 Å². The minimum atomic E-state index is 0.188. The fraction of sp³-hybridized carbons (Fsp3) is 0.357. The van der Waals surface area contributed by atoms with E-state index in [2.05, 4.69) is 24.3 Å². The number of methoxy groups -OCH3 is 1. The minimum Gasteiger partial charge on any atom is -0.375 e. The first-order valence-corrected chi connectivity index (χ1v) is 5.80. The molecule has 1 atom stereocenters. The summed E-state index contributed by atoms with van der Waals surface area (Å²) in [4.78, 5) is 4.74. The molecule has 0 N–H and O–H groups in total. The van der Waals surface area contributed by atoms with E-state index < -0.39 is 0 Å². The van der Waals surface area contributed by atoms with E-state index in [4.69, 9.17) is 9.72 Å². The van der Waals surface area contributed by atoms with Crippen molar-refractivity contribution < 1.29 is 4.74 Å². The number of hydrogen-bond donors (Lipinski definition) is 0. The maximum absolute atomic E-state index is 5.50. The average molecular weight is 213 g/mol. The van der Waals surface area contributed by atoms with E-state index in [0.29, 0.717) is 0 Å². The van der Waals surface area contributed by atoms with Gasteiger partial charge in [-0.3, -0.25) is 0 Å². The molecule has 2 heteroatoms. The number of aromatic nitrogens is 1. The molecule has 0 fully saturated rings. The molecule has 1 aliphatic rings. The third-order valence-corrected chi connectivity index (χ3v) is 3.34. The molecular formula is C14H15NO. The zero-order valence-electron chi connectivity index (χ0n) is 9.44. The van der Waals surface area contributed by atoms with Crippen LogP contribution in [0.3, 0.4) is 0 Å². The molecule has 0 radical (unpaired) electrons. The van der Waals surface area contributed by atoms with Crippen molar-refractivity contribution in [3.05, 3.63) is 41.6 Å². The Bertz CT molecular complexity index is 521. The Morgan fingerprint density at radius 3 is 3.06 bits per heavy atom. The lowest BCUT2D eigenvalue weighted by Gasteiger charge is -2.23. The molecule has 0 saturated heterocycles. The topological polar surface area (TPSA) is 22.1 Å². The second-order valence-electron chi connectivity index (χ2n) is 4.34. The van der Waals surface area contributed by atoms with Gasteiger partial charge in [0.2, 0.25) is 0 Å². The quantitative estimate of drug-likeness (QED) is 0.725. The zero-order chi connectivity index (χ0) is 11.0. The molecule has 0 saturated carbocycles. The molecule has 1 aromatic carbocycles. The number of para-hydroxylation sites is 1. The number of rotatable bonds is 1. The number of hydrogen-bond acceptors (Lipinski definition) is 2. The van der Waals surface area contributed by atoms with Crippen LogP contribution in [0.5, 0.6) is 0 Å². The monoisotopic (exact) mass is 213 g/mol. The molecule has 1 unspecified atom stereocenters. The van der Waals surface area contributed by atoms with E-state index in [0.717, 1.165) is 24.1 Å². The van der Waals surface area contributed by atoms with Gasteiger partial charge in [-0.2, -0.15) is 0 Å². The maximum Gasteiger partial charge on any atom is 0.0993 e. The van der Waals surface area contributed by atoms with E-state index in [9.17, 15) is 0 Å². The lowest BCUT2D eigenvalue weighted by atomic mass is 9.92. The van der Waals surface area contributed by atoms with E-state index in [1.165, 1.54) is 17.4 Å². The second kappa shape index (κ2) is 3.87. The summed E-state index contributed by atoms with van der Waals surface area (Å²) < 4.78 is 5.50. The predicted molar refractivity (Wildman–Crippen MR) is 64.4 cm³/mol. The highest BCUT2D eigenvalue weighted by atomic mass is 16.5. The third kappa shape index (κ3) is 1.50. The first kappa shape index (κ1) is 9.79. The minimum absolute atomic E-state index is 0.188. The van der Waals surface area contributed by atoms with E-state index in [1.54, 1.807) is 7.11 Å². The third-order valence-electron chi connectivity index (χ3n) is 3.34. The number of nitrogens with zero attached hydrogens (tertiary/aromatic N) is 1. The molecule has 0 amide bonds. The van der Waals surface area contributed by atoms with E-state index >= 15 is 0 Å². The summed E-state index contributed by atoms with van der Waals surface area (Å²) in [7, 11) is 1.77. The summed E-state index contributed by atoms with van der Waals surface area (Å²) in [5.41, 5.74) is 3.58. The van der Waals surface area contributed by atoms with E-state index in [1.807, 2.05) is 6.07 Å². The van der Waals surface area contributed by atoms with Gasteiger partial charge in [0.1, 0.15) is 0 Å². The zero-order valence-corrected chi connectivity index (χ0v) is 9.44. The molecule has 16 heavy (non-hydrogen) atoms. The van der Waals surface area contributed by atoms with Gasteiger partial charge in [0.15, 0.2) is 0 Å². The van der Waals surface area contributed by atoms with Gasteiger partial charge < -0.3 is 4.74 Å². The summed E-state index contributed by atoms with van der Waals surface area (Å²) in [5, 5.41) is 1.23. The lowest BCUT2D eigenvalue weighted by molar-refractivity contribution is 0.0846. The summed E-state index contributed by atoms with van der Waals surface area (Å²) >= 11 is 0. The Morgan fingerprint density at radius 1 is 1.31 bits per heavy atom. The largest absolute Gasteiger partial charge is 0.375 e. The van der Waals surface area contributed by atoms with Crippen molar-refractivity contribution in [3.63, 3.8) is 0 Å². The predicted octanol–water partition coefficient (Wildman–Crippen LogP) is 3.26. The second-order valence-corrected chi connectivity index (χ2v) is 4.34. The number of fused-ring (bicyclic) bond motifs is 2. The number of benzene rings is 1. The Labute approximate surface area is 95.3 Å². The molecule has 1 heterocycles. The fourth-order valence-corrected chi connectivity index (χ4v) is 2.50. The first-order valence-electron chi connectivity index (χ1n) is 5.80. The standard InChI is InChI=1S/C14H15NO/c1-16-13-8-4-6-11-9-10-5-2-3-7-12(10)15-14(11)13/h2-3,5,7,9,13H,4,6,8H2,1H3. The molecule has 82 valence electrons. The van der Waals surface area contributed by atoms with Gasteiger partial charge in [-0.1, -0.05) is 18.2 Å². The van der Waals surface area contributed by atoms with Crippen LogP contribution in [0.15, 0.2) is 30.3 Å². The van der Waals surface area contributed by atoms with Crippen LogP contribution in [0.1, 0.15) is 30.2 Å². The van der Waals surface area contributed by atoms with Gasteiger partial charge in [-0.15, -0.1) is 0 Å². The Balaban J connectivity index is 2.21. The molecule has 3 rings (SSSR count). The summed E-state index contributed by atoms with van der Waals surface area (Å²) in [6, 6.07) is 10.6. The van der Waals surface area contributed by atoms with Crippen LogP contribution in [-0.4, -0.2) is 12.1 Å². The van der Waals surface area contributed by atoms with Gasteiger partial charge >= 0.3 is 0 Å². The van der Waals surface area contributed by atoms with Crippen LogP contribution < -0.4 is 0 Å². The van der Waals surface area contributed by atoms with Crippen molar-refractivity contribution in [2.45, 2.75) is 25.4 Å².